The van der Waals surface area contributed by atoms with E-state index in [1.54, 1.807) is 24.8 Å². The van der Waals surface area contributed by atoms with E-state index in [2.05, 4.69) is 25.6 Å². The Morgan fingerprint density at radius 1 is 1.19 bits per heavy atom. The van der Waals surface area contributed by atoms with Gasteiger partial charge in [0.15, 0.2) is 12.3 Å². The molecule has 0 unspecified atom stereocenters. The van der Waals surface area contributed by atoms with Gasteiger partial charge >= 0.3 is 0 Å². The van der Waals surface area contributed by atoms with Crippen molar-refractivity contribution in [3.05, 3.63) is 47.0 Å². The highest BCUT2D eigenvalue weighted by Crippen LogP contribution is 2.40. The molecule has 0 atom stereocenters. The van der Waals surface area contributed by atoms with E-state index in [9.17, 15) is 26.7 Å². The number of aromatic nitrogens is 3. The molecule has 1 fully saturated rings. The number of nitrogens with one attached hydrogen (secondary N) is 2. The summed E-state index contributed by atoms with van der Waals surface area (Å²) < 4.78 is 71.8. The second-order valence-electron chi connectivity index (χ2n) is 8.98. The maximum Gasteiger partial charge on any atom is 0.272 e. The summed E-state index contributed by atoms with van der Waals surface area (Å²) >= 11 is 0. The summed E-state index contributed by atoms with van der Waals surface area (Å²) in [6.07, 6.45) is -5.70. The molecule has 13 heteroatoms. The first-order valence-corrected chi connectivity index (χ1v) is 11.4. The summed E-state index contributed by atoms with van der Waals surface area (Å²) in [5.41, 5.74) is -0.890. The number of amides is 1. The van der Waals surface area contributed by atoms with E-state index in [-0.39, 0.29) is 54.3 Å². The molecule has 37 heavy (non-hydrogen) atoms. The molecule has 1 amide bonds. The number of alkyl halides is 4. The number of hydrogen-bond donors (Lipinski definition) is 2. The van der Waals surface area contributed by atoms with Gasteiger partial charge in [-0.15, -0.1) is 0 Å². The zero-order valence-electron chi connectivity index (χ0n) is 20.3. The largest absolute Gasteiger partial charge is 0.470 e. The number of carbonyl (C=O) groups excluding carboxylic acids is 1. The number of rotatable bonds is 9. The number of ether oxygens (including phenoxy) is 1. The molecule has 0 saturated carbocycles. The molecule has 1 aliphatic heterocycles. The van der Waals surface area contributed by atoms with Gasteiger partial charge < -0.3 is 20.3 Å². The quantitative estimate of drug-likeness (QED) is 0.405. The van der Waals surface area contributed by atoms with Gasteiger partial charge in [0.25, 0.3) is 12.9 Å². The van der Waals surface area contributed by atoms with Crippen molar-refractivity contribution in [2.45, 2.75) is 33.2 Å². The highest BCUT2D eigenvalue weighted by molar-refractivity contribution is 5.92. The fourth-order valence-electron chi connectivity index (χ4n) is 4.24. The van der Waals surface area contributed by atoms with E-state index in [0.29, 0.717) is 11.1 Å². The summed E-state index contributed by atoms with van der Waals surface area (Å²) in [6, 6.07) is 5.33. The maximum atomic E-state index is 14.5. The Labute approximate surface area is 209 Å². The summed E-state index contributed by atoms with van der Waals surface area (Å²) in [7, 11) is 1.53. The third kappa shape index (κ3) is 5.35. The molecule has 3 aromatic rings. The molecular weight excluding hydrogens is 499 g/mol. The van der Waals surface area contributed by atoms with Crippen molar-refractivity contribution in [1.82, 2.24) is 20.3 Å². The van der Waals surface area contributed by atoms with Gasteiger partial charge in [-0.3, -0.25) is 4.79 Å². The van der Waals surface area contributed by atoms with E-state index < -0.39 is 36.3 Å². The van der Waals surface area contributed by atoms with Crippen LogP contribution in [0.1, 0.15) is 30.3 Å². The van der Waals surface area contributed by atoms with Crippen LogP contribution in [0, 0.1) is 18.2 Å². The molecule has 0 spiro atoms. The third-order valence-electron chi connectivity index (χ3n) is 6.08. The Morgan fingerprint density at radius 2 is 1.92 bits per heavy atom. The molecular formula is C24H25F5N6O2. The number of benzene rings is 1. The smallest absolute Gasteiger partial charge is 0.272 e. The van der Waals surface area contributed by atoms with Crippen molar-refractivity contribution in [3.8, 4) is 5.88 Å². The van der Waals surface area contributed by atoms with Gasteiger partial charge in [-0.05, 0) is 19.9 Å². The monoisotopic (exact) mass is 524 g/mol. The van der Waals surface area contributed by atoms with Crippen LogP contribution in [0.25, 0.3) is 11.0 Å². The van der Waals surface area contributed by atoms with Crippen molar-refractivity contribution in [3.63, 3.8) is 0 Å². The summed E-state index contributed by atoms with van der Waals surface area (Å²) in [5, 5.41) is 5.93. The fourth-order valence-corrected chi connectivity index (χ4v) is 4.24. The SMILES string of the molecule is CNC(=O)C1(C)CN(c2cc3c(NCc4cccc(C(F)F)c4F)nc(C)nc3nc2OCC(F)F)C1. The van der Waals surface area contributed by atoms with E-state index in [0.717, 1.165) is 6.07 Å². The molecule has 1 saturated heterocycles. The van der Waals surface area contributed by atoms with Crippen LogP contribution in [0.2, 0.25) is 0 Å². The first-order chi connectivity index (χ1) is 17.5. The van der Waals surface area contributed by atoms with Crippen molar-refractivity contribution < 1.29 is 31.5 Å². The van der Waals surface area contributed by atoms with Gasteiger partial charge in [0, 0.05) is 32.2 Å². The Kier molecular flexibility index (Phi) is 7.32. The lowest BCUT2D eigenvalue weighted by Crippen LogP contribution is -2.61. The van der Waals surface area contributed by atoms with Crippen LogP contribution in [0.3, 0.4) is 0 Å². The number of nitrogens with zero attached hydrogens (tertiary/aromatic N) is 4. The van der Waals surface area contributed by atoms with Crippen LogP contribution in [0.15, 0.2) is 24.3 Å². The molecule has 4 rings (SSSR count). The van der Waals surface area contributed by atoms with Gasteiger partial charge in [-0.2, -0.15) is 4.98 Å². The summed E-state index contributed by atoms with van der Waals surface area (Å²) in [5.74, 6) is -0.731. The first kappa shape index (κ1) is 26.3. The fraction of sp³-hybridized carbons (Fsp3) is 0.417. The molecule has 0 aliphatic carbocycles. The van der Waals surface area contributed by atoms with Crippen LogP contribution >= 0.6 is 0 Å². The molecule has 0 bridgehead atoms. The predicted octanol–water partition coefficient (Wildman–Crippen LogP) is 4.24. The summed E-state index contributed by atoms with van der Waals surface area (Å²) in [6.45, 7) is 2.88. The average molecular weight is 524 g/mol. The van der Waals surface area contributed by atoms with E-state index in [1.165, 1.54) is 19.2 Å². The Morgan fingerprint density at radius 3 is 2.57 bits per heavy atom. The van der Waals surface area contributed by atoms with Crippen LogP contribution in [-0.4, -0.2) is 54.0 Å². The van der Waals surface area contributed by atoms with Crippen LogP contribution in [0.5, 0.6) is 5.88 Å². The van der Waals surface area contributed by atoms with E-state index in [1.807, 2.05) is 0 Å². The van der Waals surface area contributed by atoms with Gasteiger partial charge in [-0.25, -0.2) is 31.9 Å². The Hall–Kier alpha value is -3.77. The molecule has 0 radical (unpaired) electrons. The number of pyridine rings is 1. The number of hydrogen-bond acceptors (Lipinski definition) is 7. The molecule has 2 aromatic heterocycles. The zero-order chi connectivity index (χ0) is 26.9. The van der Waals surface area contributed by atoms with E-state index >= 15 is 0 Å². The molecule has 1 aromatic carbocycles. The lowest BCUT2D eigenvalue weighted by atomic mass is 9.80. The lowest BCUT2D eigenvalue weighted by Gasteiger charge is -2.47. The van der Waals surface area contributed by atoms with Gasteiger partial charge in [0.2, 0.25) is 11.8 Å². The van der Waals surface area contributed by atoms with E-state index in [4.69, 9.17) is 4.74 Å². The van der Waals surface area contributed by atoms with Crippen molar-refractivity contribution in [2.75, 3.05) is 37.0 Å². The van der Waals surface area contributed by atoms with Gasteiger partial charge in [0.1, 0.15) is 23.1 Å². The lowest BCUT2D eigenvalue weighted by molar-refractivity contribution is -0.131. The highest BCUT2D eigenvalue weighted by atomic mass is 19.3. The van der Waals surface area contributed by atoms with Crippen molar-refractivity contribution in [2.24, 2.45) is 5.41 Å². The van der Waals surface area contributed by atoms with Crippen LogP contribution < -0.4 is 20.3 Å². The van der Waals surface area contributed by atoms with Crippen LogP contribution in [0.4, 0.5) is 33.5 Å². The molecule has 3 heterocycles. The van der Waals surface area contributed by atoms with Gasteiger partial charge in [0.05, 0.1) is 16.4 Å². The minimum absolute atomic E-state index is 0.0105. The number of halogens is 5. The van der Waals surface area contributed by atoms with Crippen molar-refractivity contribution in [1.29, 1.82) is 0 Å². The maximum absolute atomic E-state index is 14.5. The Balaban J connectivity index is 1.70. The topological polar surface area (TPSA) is 92.3 Å². The third-order valence-corrected chi connectivity index (χ3v) is 6.08. The second-order valence-corrected chi connectivity index (χ2v) is 8.98. The average Bonchev–Trinajstić information content (AvgIpc) is 2.83. The second kappa shape index (κ2) is 10.3. The first-order valence-electron chi connectivity index (χ1n) is 11.4. The normalized spacial score (nSPS) is 14.7. The standard InChI is InChI=1S/C24H25F5N6O2/c1-12-32-20(31-8-13-5-4-6-14(18(13)27)19(28)29)15-7-16(35-10-24(2,11-35)23(36)30-3)22(34-21(15)33-12)37-9-17(25)26/h4-7,17,19H,8-11H2,1-3H3,(H,30,36)(H,31,32,33,34). The zero-order valence-corrected chi connectivity index (χ0v) is 20.3. The number of fused-ring (bicyclic) bond motifs is 1. The van der Waals surface area contributed by atoms with Gasteiger partial charge in [-0.1, -0.05) is 18.2 Å². The summed E-state index contributed by atoms with van der Waals surface area (Å²) in [4.78, 5) is 26.9. The predicted molar refractivity (Wildman–Crippen MR) is 127 cm³/mol. The molecule has 1 aliphatic rings. The highest BCUT2D eigenvalue weighted by Gasteiger charge is 2.46. The minimum Gasteiger partial charge on any atom is -0.470 e. The molecule has 8 nitrogen and oxygen atoms in total. The van der Waals surface area contributed by atoms with Crippen molar-refractivity contribution >= 4 is 28.4 Å². The number of aryl methyl sites for hydroxylation is 1. The molecule has 198 valence electrons. The Bertz CT molecular complexity index is 1320. The van der Waals surface area contributed by atoms with Crippen LogP contribution in [-0.2, 0) is 11.3 Å². The number of anilines is 2. The number of carbonyl (C=O) groups is 1. The minimum atomic E-state index is -2.96. The molecule has 2 N–H and O–H groups in total.